The second-order valence-corrected chi connectivity index (χ2v) is 5.61. The van der Waals surface area contributed by atoms with Crippen LogP contribution in [0, 0.1) is 0 Å². The van der Waals surface area contributed by atoms with Crippen LogP contribution >= 0.6 is 0 Å². The topological polar surface area (TPSA) is 40.0 Å². The molecule has 1 atom stereocenters. The molecule has 2 aromatic carbocycles. The van der Waals surface area contributed by atoms with Gasteiger partial charge in [0.2, 0.25) is 6.79 Å². The molecule has 23 heavy (non-hydrogen) atoms. The van der Waals surface area contributed by atoms with Gasteiger partial charge < -0.3 is 14.2 Å². The highest BCUT2D eigenvalue weighted by Gasteiger charge is 2.16. The molecule has 0 radical (unpaired) electrons. The van der Waals surface area contributed by atoms with Crippen molar-refractivity contribution >= 4 is 11.9 Å². The van der Waals surface area contributed by atoms with E-state index in [0.29, 0.717) is 17.4 Å². The fourth-order valence-electron chi connectivity index (χ4n) is 2.49. The van der Waals surface area contributed by atoms with E-state index in [1.54, 1.807) is 13.3 Å². The highest BCUT2D eigenvalue weighted by atomic mass is 16.7. The summed E-state index contributed by atoms with van der Waals surface area (Å²) < 4.78 is 16.2. The smallest absolute Gasteiger partial charge is 0.231 e. The quantitative estimate of drug-likeness (QED) is 0.752. The predicted octanol–water partition coefficient (Wildman–Crippen LogP) is 4.69. The van der Waals surface area contributed by atoms with Crippen LogP contribution in [-0.2, 0) is 0 Å². The van der Waals surface area contributed by atoms with Gasteiger partial charge in [-0.2, -0.15) is 0 Å². The van der Waals surface area contributed by atoms with Gasteiger partial charge in [0.25, 0.3) is 0 Å². The van der Waals surface area contributed by atoms with Gasteiger partial charge in [-0.3, -0.25) is 4.99 Å². The van der Waals surface area contributed by atoms with Gasteiger partial charge in [0, 0.05) is 17.8 Å². The van der Waals surface area contributed by atoms with Gasteiger partial charge in [0.05, 0.1) is 12.8 Å². The number of aliphatic imine (C=N–C) groups is 1. The van der Waals surface area contributed by atoms with Crippen LogP contribution in [0.15, 0.2) is 41.4 Å². The molecular weight excluding hydrogens is 290 g/mol. The summed E-state index contributed by atoms with van der Waals surface area (Å²) in [6.45, 7) is 4.68. The molecule has 1 aliphatic heterocycles. The third-order valence-electron chi connectivity index (χ3n) is 4.15. The molecule has 0 saturated heterocycles. The van der Waals surface area contributed by atoms with Crippen molar-refractivity contribution in [1.82, 2.24) is 0 Å². The molecule has 0 unspecified atom stereocenters. The standard InChI is InChI=1S/C19H21NO3/c1-4-13(2)14-5-7-16(8-6-14)20-11-15-9-18-19(23-12-22-18)10-17(15)21-3/h5-11,13H,4,12H2,1-3H3/t13-/m1/s1. The molecule has 0 aliphatic carbocycles. The molecular formula is C19H21NO3. The summed E-state index contributed by atoms with van der Waals surface area (Å²) in [5.74, 6) is 2.72. The van der Waals surface area contributed by atoms with Gasteiger partial charge >= 0.3 is 0 Å². The molecule has 0 N–H and O–H groups in total. The van der Waals surface area contributed by atoms with Gasteiger partial charge in [0.1, 0.15) is 5.75 Å². The molecule has 0 amide bonds. The van der Waals surface area contributed by atoms with Crippen molar-refractivity contribution in [2.24, 2.45) is 4.99 Å². The normalized spacial score (nSPS) is 14.2. The van der Waals surface area contributed by atoms with E-state index in [-0.39, 0.29) is 6.79 Å². The van der Waals surface area contributed by atoms with Gasteiger partial charge in [0.15, 0.2) is 11.5 Å². The lowest BCUT2D eigenvalue weighted by atomic mass is 9.99. The molecule has 0 bridgehead atoms. The van der Waals surface area contributed by atoms with Crippen molar-refractivity contribution in [1.29, 1.82) is 0 Å². The van der Waals surface area contributed by atoms with Crippen LogP contribution in [0.25, 0.3) is 0 Å². The van der Waals surface area contributed by atoms with Gasteiger partial charge in [-0.1, -0.05) is 26.0 Å². The van der Waals surface area contributed by atoms with Crippen LogP contribution in [0.1, 0.15) is 37.3 Å². The fourth-order valence-corrected chi connectivity index (χ4v) is 2.49. The Morgan fingerprint density at radius 2 is 1.87 bits per heavy atom. The van der Waals surface area contributed by atoms with Crippen molar-refractivity contribution < 1.29 is 14.2 Å². The van der Waals surface area contributed by atoms with E-state index < -0.39 is 0 Å². The third-order valence-corrected chi connectivity index (χ3v) is 4.15. The average Bonchev–Trinajstić information content (AvgIpc) is 3.06. The first-order chi connectivity index (χ1) is 11.2. The minimum absolute atomic E-state index is 0.246. The van der Waals surface area contributed by atoms with Crippen LogP contribution in [0.2, 0.25) is 0 Å². The summed E-state index contributed by atoms with van der Waals surface area (Å²) in [6.07, 6.45) is 2.93. The third kappa shape index (κ3) is 3.31. The second kappa shape index (κ2) is 6.73. The molecule has 3 rings (SSSR count). The molecule has 1 heterocycles. The van der Waals surface area contributed by atoms with Gasteiger partial charge in [-0.25, -0.2) is 0 Å². The van der Waals surface area contributed by atoms with Gasteiger partial charge in [-0.15, -0.1) is 0 Å². The number of methoxy groups -OCH3 is 1. The zero-order valence-electron chi connectivity index (χ0n) is 13.7. The summed E-state index contributed by atoms with van der Waals surface area (Å²) in [5, 5.41) is 0. The van der Waals surface area contributed by atoms with Crippen LogP contribution in [0.5, 0.6) is 17.2 Å². The second-order valence-electron chi connectivity index (χ2n) is 5.61. The number of rotatable bonds is 5. The molecule has 0 fully saturated rings. The Morgan fingerprint density at radius 3 is 2.52 bits per heavy atom. The van der Waals surface area contributed by atoms with E-state index in [9.17, 15) is 0 Å². The van der Waals surface area contributed by atoms with Crippen LogP contribution in [0.3, 0.4) is 0 Å². The van der Waals surface area contributed by atoms with Crippen LogP contribution in [0.4, 0.5) is 5.69 Å². The minimum atomic E-state index is 0.246. The van der Waals surface area contributed by atoms with Crippen LogP contribution < -0.4 is 14.2 Å². The van der Waals surface area contributed by atoms with Crippen molar-refractivity contribution in [2.45, 2.75) is 26.2 Å². The molecule has 120 valence electrons. The SMILES string of the molecule is CC[C@@H](C)c1ccc(N=Cc2cc3c(cc2OC)OCO3)cc1. The Balaban J connectivity index is 1.82. The van der Waals surface area contributed by atoms with Crippen molar-refractivity contribution in [3.63, 3.8) is 0 Å². The summed E-state index contributed by atoms with van der Waals surface area (Å²) in [4.78, 5) is 4.54. The van der Waals surface area contributed by atoms with E-state index in [4.69, 9.17) is 14.2 Å². The predicted molar refractivity (Wildman–Crippen MR) is 91.5 cm³/mol. The maximum Gasteiger partial charge on any atom is 0.231 e. The first-order valence-electron chi connectivity index (χ1n) is 7.83. The lowest BCUT2D eigenvalue weighted by Gasteiger charge is -2.08. The number of hydrogen-bond acceptors (Lipinski definition) is 4. The van der Waals surface area contributed by atoms with Crippen molar-refractivity contribution in [3.05, 3.63) is 47.5 Å². The lowest BCUT2D eigenvalue weighted by molar-refractivity contribution is 0.174. The Morgan fingerprint density at radius 1 is 1.17 bits per heavy atom. The van der Waals surface area contributed by atoms with E-state index in [1.165, 1.54) is 5.56 Å². The van der Waals surface area contributed by atoms with E-state index in [1.807, 2.05) is 24.3 Å². The number of benzene rings is 2. The van der Waals surface area contributed by atoms with Gasteiger partial charge in [-0.05, 0) is 36.1 Å². The van der Waals surface area contributed by atoms with E-state index in [2.05, 4.69) is 31.0 Å². The molecule has 4 nitrogen and oxygen atoms in total. The maximum atomic E-state index is 5.41. The lowest BCUT2D eigenvalue weighted by Crippen LogP contribution is -1.92. The fraction of sp³-hybridized carbons (Fsp3) is 0.316. The molecule has 4 heteroatoms. The summed E-state index contributed by atoms with van der Waals surface area (Å²) in [6, 6.07) is 12.1. The monoisotopic (exact) mass is 311 g/mol. The van der Waals surface area contributed by atoms with E-state index >= 15 is 0 Å². The van der Waals surface area contributed by atoms with E-state index in [0.717, 1.165) is 23.4 Å². The highest BCUT2D eigenvalue weighted by molar-refractivity contribution is 5.87. The number of hydrogen-bond donors (Lipinski definition) is 0. The Labute approximate surface area is 136 Å². The Hall–Kier alpha value is -2.49. The summed E-state index contributed by atoms with van der Waals surface area (Å²) in [5.41, 5.74) is 3.12. The summed E-state index contributed by atoms with van der Waals surface area (Å²) >= 11 is 0. The molecule has 0 saturated carbocycles. The average molecular weight is 311 g/mol. The minimum Gasteiger partial charge on any atom is -0.496 e. The highest BCUT2D eigenvalue weighted by Crippen LogP contribution is 2.37. The Kier molecular flexibility index (Phi) is 4.51. The number of fused-ring (bicyclic) bond motifs is 1. The largest absolute Gasteiger partial charge is 0.496 e. The first-order valence-corrected chi connectivity index (χ1v) is 7.83. The number of ether oxygens (including phenoxy) is 3. The molecule has 1 aliphatic rings. The molecule has 2 aromatic rings. The number of nitrogens with zero attached hydrogens (tertiary/aromatic N) is 1. The van der Waals surface area contributed by atoms with Crippen LogP contribution in [-0.4, -0.2) is 20.1 Å². The maximum absolute atomic E-state index is 5.41. The first kappa shape index (κ1) is 15.4. The summed E-state index contributed by atoms with van der Waals surface area (Å²) in [7, 11) is 1.63. The zero-order valence-corrected chi connectivity index (χ0v) is 13.7. The van der Waals surface area contributed by atoms with Crippen molar-refractivity contribution in [3.8, 4) is 17.2 Å². The molecule has 0 aromatic heterocycles. The molecule has 0 spiro atoms. The Bertz CT molecular complexity index is 707. The van der Waals surface area contributed by atoms with Crippen molar-refractivity contribution in [2.75, 3.05) is 13.9 Å². The zero-order chi connectivity index (χ0) is 16.2.